The lowest BCUT2D eigenvalue weighted by Crippen LogP contribution is -2.20. The molecule has 1 aromatic heterocycles. The molecule has 1 heterocycles. The fraction of sp³-hybridized carbons (Fsp3) is 0.286. The summed E-state index contributed by atoms with van der Waals surface area (Å²) >= 11 is 0. The van der Waals surface area contributed by atoms with Gasteiger partial charge in [0.15, 0.2) is 0 Å². The second-order valence-electron chi connectivity index (χ2n) is 4.48. The smallest absolute Gasteiger partial charge is 0.323 e. The van der Waals surface area contributed by atoms with Crippen molar-refractivity contribution in [3.63, 3.8) is 0 Å². The number of rotatable bonds is 3. The first-order chi connectivity index (χ1) is 9.51. The van der Waals surface area contributed by atoms with E-state index in [1.165, 1.54) is 0 Å². The molecule has 0 spiro atoms. The lowest BCUT2D eigenvalue weighted by molar-refractivity contribution is 0.262. The van der Waals surface area contributed by atoms with E-state index < -0.39 is 0 Å². The predicted molar refractivity (Wildman–Crippen MR) is 78.3 cm³/mol. The van der Waals surface area contributed by atoms with Crippen LogP contribution in [0.1, 0.15) is 11.4 Å². The van der Waals surface area contributed by atoms with E-state index in [4.69, 9.17) is 4.74 Å². The first-order valence-corrected chi connectivity index (χ1v) is 6.23. The fourth-order valence-corrected chi connectivity index (χ4v) is 1.93. The van der Waals surface area contributed by atoms with E-state index in [0.29, 0.717) is 11.4 Å². The van der Waals surface area contributed by atoms with Crippen molar-refractivity contribution in [2.75, 3.05) is 17.7 Å². The van der Waals surface area contributed by atoms with E-state index in [-0.39, 0.29) is 6.03 Å². The van der Waals surface area contributed by atoms with Crippen LogP contribution >= 0.6 is 0 Å². The number of hydrogen-bond donors (Lipinski definition) is 2. The number of nitrogens with zero attached hydrogens (tertiary/aromatic N) is 2. The Labute approximate surface area is 117 Å². The lowest BCUT2D eigenvalue weighted by Gasteiger charge is -2.09. The van der Waals surface area contributed by atoms with Crippen molar-refractivity contribution in [2.45, 2.75) is 13.8 Å². The minimum atomic E-state index is -0.308. The average Bonchev–Trinajstić information content (AvgIpc) is 2.65. The molecule has 2 N–H and O–H groups in total. The summed E-state index contributed by atoms with van der Waals surface area (Å²) in [6, 6.07) is 6.87. The van der Waals surface area contributed by atoms with E-state index in [0.717, 1.165) is 17.1 Å². The minimum absolute atomic E-state index is 0.308. The average molecular weight is 274 g/mol. The van der Waals surface area contributed by atoms with Crippen LogP contribution in [0.15, 0.2) is 24.3 Å². The van der Waals surface area contributed by atoms with E-state index in [1.54, 1.807) is 23.9 Å². The highest BCUT2D eigenvalue weighted by Gasteiger charge is 2.12. The number of aryl methyl sites for hydroxylation is 2. The van der Waals surface area contributed by atoms with Gasteiger partial charge < -0.3 is 15.4 Å². The second kappa shape index (κ2) is 5.64. The van der Waals surface area contributed by atoms with E-state index in [2.05, 4.69) is 15.7 Å². The van der Waals surface area contributed by atoms with Crippen LogP contribution in [-0.2, 0) is 7.05 Å². The zero-order valence-electron chi connectivity index (χ0n) is 12.0. The number of nitrogens with one attached hydrogen (secondary N) is 2. The van der Waals surface area contributed by atoms with Crippen LogP contribution in [0.25, 0.3) is 0 Å². The van der Waals surface area contributed by atoms with Gasteiger partial charge in [-0.2, -0.15) is 5.10 Å². The van der Waals surface area contributed by atoms with Gasteiger partial charge in [-0.05, 0) is 26.0 Å². The number of aromatic nitrogens is 2. The van der Waals surface area contributed by atoms with Crippen LogP contribution in [0.4, 0.5) is 16.2 Å². The molecule has 0 bridgehead atoms. The molecule has 0 saturated heterocycles. The largest absolute Gasteiger partial charge is 0.497 e. The molecule has 2 aromatic rings. The summed E-state index contributed by atoms with van der Waals surface area (Å²) in [5.41, 5.74) is 3.09. The van der Waals surface area contributed by atoms with Crippen molar-refractivity contribution >= 4 is 17.4 Å². The summed E-state index contributed by atoms with van der Waals surface area (Å²) in [6.07, 6.45) is 0. The molecule has 0 radical (unpaired) electrons. The van der Waals surface area contributed by atoms with Gasteiger partial charge in [0.2, 0.25) is 0 Å². The number of urea groups is 1. The normalized spacial score (nSPS) is 10.2. The Bertz CT molecular complexity index is 634. The number of anilines is 2. The van der Waals surface area contributed by atoms with E-state index >= 15 is 0 Å². The summed E-state index contributed by atoms with van der Waals surface area (Å²) in [7, 11) is 3.43. The third-order valence-corrected chi connectivity index (χ3v) is 3.08. The van der Waals surface area contributed by atoms with Gasteiger partial charge in [0, 0.05) is 18.8 Å². The Morgan fingerprint density at radius 3 is 2.65 bits per heavy atom. The van der Waals surface area contributed by atoms with Crippen LogP contribution in [0, 0.1) is 13.8 Å². The molecule has 0 fully saturated rings. The van der Waals surface area contributed by atoms with Crippen LogP contribution in [0.3, 0.4) is 0 Å². The highest BCUT2D eigenvalue weighted by atomic mass is 16.5. The van der Waals surface area contributed by atoms with Crippen LogP contribution < -0.4 is 15.4 Å². The zero-order valence-corrected chi connectivity index (χ0v) is 12.0. The second-order valence-corrected chi connectivity index (χ2v) is 4.48. The highest BCUT2D eigenvalue weighted by molar-refractivity contribution is 6.00. The summed E-state index contributed by atoms with van der Waals surface area (Å²) in [4.78, 5) is 12.0. The van der Waals surface area contributed by atoms with Gasteiger partial charge in [0.05, 0.1) is 24.2 Å². The van der Waals surface area contributed by atoms with Crippen molar-refractivity contribution in [2.24, 2.45) is 7.05 Å². The molecule has 0 atom stereocenters. The lowest BCUT2D eigenvalue weighted by atomic mass is 10.3. The van der Waals surface area contributed by atoms with Gasteiger partial charge in [0.1, 0.15) is 5.75 Å². The number of amides is 2. The topological polar surface area (TPSA) is 68.2 Å². The third-order valence-electron chi connectivity index (χ3n) is 3.08. The van der Waals surface area contributed by atoms with Gasteiger partial charge >= 0.3 is 6.03 Å². The molecular weight excluding hydrogens is 256 g/mol. The van der Waals surface area contributed by atoms with E-state index in [1.807, 2.05) is 33.0 Å². The monoisotopic (exact) mass is 274 g/mol. The van der Waals surface area contributed by atoms with Gasteiger partial charge in [-0.15, -0.1) is 0 Å². The Morgan fingerprint density at radius 1 is 1.30 bits per heavy atom. The quantitative estimate of drug-likeness (QED) is 0.904. The van der Waals surface area contributed by atoms with Gasteiger partial charge in [-0.1, -0.05) is 6.07 Å². The number of carbonyl (C=O) groups is 1. The highest BCUT2D eigenvalue weighted by Crippen LogP contribution is 2.20. The number of benzene rings is 1. The van der Waals surface area contributed by atoms with Crippen molar-refractivity contribution in [1.29, 1.82) is 0 Å². The van der Waals surface area contributed by atoms with Crippen LogP contribution in [-0.4, -0.2) is 22.9 Å². The number of methoxy groups -OCH3 is 1. The van der Waals surface area contributed by atoms with Crippen LogP contribution in [0.5, 0.6) is 5.75 Å². The van der Waals surface area contributed by atoms with Crippen molar-refractivity contribution < 1.29 is 9.53 Å². The number of ether oxygens (including phenoxy) is 1. The molecule has 1 aromatic carbocycles. The number of carbonyl (C=O) groups excluding carboxylic acids is 1. The third kappa shape index (κ3) is 2.90. The molecule has 0 aliphatic heterocycles. The number of hydrogen-bond acceptors (Lipinski definition) is 3. The SMILES string of the molecule is COc1cccc(NC(=O)Nc2c(C)nn(C)c2C)c1. The maximum atomic E-state index is 12.0. The fourth-order valence-electron chi connectivity index (χ4n) is 1.93. The molecule has 106 valence electrons. The molecule has 2 rings (SSSR count). The molecule has 0 unspecified atom stereocenters. The predicted octanol–water partition coefficient (Wildman–Crippen LogP) is 2.69. The van der Waals surface area contributed by atoms with Crippen molar-refractivity contribution in [3.8, 4) is 5.75 Å². The Kier molecular flexibility index (Phi) is 3.93. The summed E-state index contributed by atoms with van der Waals surface area (Å²) < 4.78 is 6.84. The van der Waals surface area contributed by atoms with Gasteiger partial charge in [0.25, 0.3) is 0 Å². The molecule has 2 amide bonds. The Balaban J connectivity index is 2.09. The summed E-state index contributed by atoms with van der Waals surface area (Å²) in [5, 5.41) is 9.83. The Morgan fingerprint density at radius 2 is 2.05 bits per heavy atom. The van der Waals surface area contributed by atoms with Gasteiger partial charge in [-0.25, -0.2) is 4.79 Å². The Hall–Kier alpha value is -2.50. The van der Waals surface area contributed by atoms with E-state index in [9.17, 15) is 4.79 Å². The van der Waals surface area contributed by atoms with Gasteiger partial charge in [-0.3, -0.25) is 4.68 Å². The summed E-state index contributed by atoms with van der Waals surface area (Å²) in [6.45, 7) is 3.76. The van der Waals surface area contributed by atoms with Crippen molar-refractivity contribution in [1.82, 2.24) is 9.78 Å². The molecule has 6 nitrogen and oxygen atoms in total. The maximum absolute atomic E-state index is 12.0. The van der Waals surface area contributed by atoms with Crippen LogP contribution in [0.2, 0.25) is 0 Å². The molecular formula is C14H18N4O2. The van der Waals surface area contributed by atoms with Crippen molar-refractivity contribution in [3.05, 3.63) is 35.7 Å². The molecule has 0 aliphatic rings. The molecule has 6 heteroatoms. The molecule has 20 heavy (non-hydrogen) atoms. The zero-order chi connectivity index (χ0) is 14.7. The standard InChI is InChI=1S/C14H18N4O2/c1-9-13(10(2)18(3)17-9)16-14(19)15-11-6-5-7-12(8-11)20-4/h5-8H,1-4H3,(H2,15,16,19). The first-order valence-electron chi connectivity index (χ1n) is 6.23. The maximum Gasteiger partial charge on any atom is 0.323 e. The molecule has 0 aliphatic carbocycles. The first kappa shape index (κ1) is 13.9. The minimum Gasteiger partial charge on any atom is -0.497 e. The summed E-state index contributed by atoms with van der Waals surface area (Å²) in [5.74, 6) is 0.691. The molecule has 0 saturated carbocycles.